The number of cyclic esters (lactones) is 1. The number of benzene rings is 2. The lowest BCUT2D eigenvalue weighted by Gasteiger charge is -2.23. The molecule has 0 bridgehead atoms. The topological polar surface area (TPSA) is 76.6 Å². The van der Waals surface area contributed by atoms with Crippen LogP contribution in [0.4, 0.5) is 21.0 Å². The van der Waals surface area contributed by atoms with Crippen molar-refractivity contribution in [1.29, 1.82) is 0 Å². The fraction of sp³-hybridized carbons (Fsp3) is 0.292. The highest BCUT2D eigenvalue weighted by atomic mass is 19.1. The van der Waals surface area contributed by atoms with Crippen molar-refractivity contribution in [2.45, 2.75) is 32.9 Å². The maximum Gasteiger partial charge on any atom is 0.415 e. The van der Waals surface area contributed by atoms with Gasteiger partial charge in [0.2, 0.25) is 5.95 Å². The molecule has 2 atom stereocenters. The molecule has 1 fully saturated rings. The minimum atomic E-state index is -0.391. The van der Waals surface area contributed by atoms with E-state index in [1.807, 2.05) is 45.0 Å². The Morgan fingerprint density at radius 1 is 1.06 bits per heavy atom. The molecule has 1 aliphatic rings. The number of hydrogen-bond donors (Lipinski definition) is 1. The van der Waals surface area contributed by atoms with E-state index >= 15 is 0 Å². The number of nitrogens with one attached hydrogen (secondary N) is 1. The number of ether oxygens (including phenoxy) is 2. The molecule has 32 heavy (non-hydrogen) atoms. The zero-order valence-corrected chi connectivity index (χ0v) is 18.2. The van der Waals surface area contributed by atoms with Gasteiger partial charge in [0.05, 0.1) is 12.1 Å². The molecular formula is C24H25FN4O3. The van der Waals surface area contributed by atoms with E-state index in [1.165, 1.54) is 12.1 Å². The lowest BCUT2D eigenvalue weighted by Crippen LogP contribution is -2.37. The van der Waals surface area contributed by atoms with Crippen molar-refractivity contribution in [2.75, 3.05) is 16.8 Å². The van der Waals surface area contributed by atoms with E-state index in [0.29, 0.717) is 29.9 Å². The zero-order chi connectivity index (χ0) is 22.7. The minimum Gasteiger partial charge on any atom is -0.457 e. The Morgan fingerprint density at radius 3 is 2.38 bits per heavy atom. The van der Waals surface area contributed by atoms with Gasteiger partial charge in [-0.25, -0.2) is 14.2 Å². The molecule has 7 nitrogen and oxygen atoms in total. The van der Waals surface area contributed by atoms with Gasteiger partial charge >= 0.3 is 6.09 Å². The lowest BCUT2D eigenvalue weighted by molar-refractivity contribution is 0.177. The molecule has 4 rings (SSSR count). The van der Waals surface area contributed by atoms with Crippen LogP contribution in [0.25, 0.3) is 0 Å². The lowest BCUT2D eigenvalue weighted by atomic mass is 10.0. The molecule has 2 heterocycles. The van der Waals surface area contributed by atoms with Crippen molar-refractivity contribution < 1.29 is 18.7 Å². The summed E-state index contributed by atoms with van der Waals surface area (Å²) in [5.74, 6) is 2.08. The highest BCUT2D eigenvalue weighted by Crippen LogP contribution is 2.28. The summed E-state index contributed by atoms with van der Waals surface area (Å²) in [5.41, 5.74) is 1.01. The molecule has 0 spiro atoms. The molecule has 0 radical (unpaired) electrons. The van der Waals surface area contributed by atoms with Crippen molar-refractivity contribution in [1.82, 2.24) is 9.97 Å². The van der Waals surface area contributed by atoms with E-state index in [9.17, 15) is 9.18 Å². The van der Waals surface area contributed by atoms with Crippen LogP contribution in [0.15, 0.2) is 60.8 Å². The van der Waals surface area contributed by atoms with E-state index < -0.39 is 6.09 Å². The molecular weight excluding hydrogens is 411 g/mol. The monoisotopic (exact) mass is 436 g/mol. The number of halogens is 1. The second-order valence-corrected chi connectivity index (χ2v) is 7.99. The highest BCUT2D eigenvalue weighted by molar-refractivity contribution is 5.89. The molecule has 1 saturated heterocycles. The molecule has 0 aliphatic carbocycles. The number of rotatable bonds is 7. The van der Waals surface area contributed by atoms with Crippen LogP contribution in [0.2, 0.25) is 0 Å². The molecule has 2 unspecified atom stereocenters. The van der Waals surface area contributed by atoms with Crippen LogP contribution in [-0.4, -0.2) is 28.7 Å². The van der Waals surface area contributed by atoms with Crippen molar-refractivity contribution in [3.63, 3.8) is 0 Å². The first-order valence-corrected chi connectivity index (χ1v) is 10.5. The van der Waals surface area contributed by atoms with Gasteiger partial charge in [0, 0.05) is 6.20 Å². The van der Waals surface area contributed by atoms with Crippen LogP contribution in [0.1, 0.15) is 32.4 Å². The third-order valence-electron chi connectivity index (χ3n) is 5.34. The Balaban J connectivity index is 1.43. The Bertz CT molecular complexity index is 1070. The van der Waals surface area contributed by atoms with Crippen molar-refractivity contribution in [2.24, 2.45) is 5.92 Å². The SMILES string of the molecule is CC(Nc1nccc(N2C(=O)OCC2C(C)C)n1)c1ccc(Oc2ccc(F)cc2)cc1. The van der Waals surface area contributed by atoms with E-state index in [0.717, 1.165) is 5.56 Å². The maximum atomic E-state index is 13.0. The number of amides is 1. The van der Waals surface area contributed by atoms with Crippen LogP contribution in [0.3, 0.4) is 0 Å². The quantitative estimate of drug-likeness (QED) is 0.522. The maximum absolute atomic E-state index is 13.0. The summed E-state index contributed by atoms with van der Waals surface area (Å²) < 4.78 is 24.0. The molecule has 2 aromatic carbocycles. The first-order chi connectivity index (χ1) is 15.4. The fourth-order valence-electron chi connectivity index (χ4n) is 3.48. The van der Waals surface area contributed by atoms with Gasteiger partial charge in [0.1, 0.15) is 29.7 Å². The molecule has 1 amide bonds. The van der Waals surface area contributed by atoms with Gasteiger partial charge in [0.25, 0.3) is 0 Å². The van der Waals surface area contributed by atoms with Crippen LogP contribution in [0, 0.1) is 11.7 Å². The smallest absolute Gasteiger partial charge is 0.415 e. The van der Waals surface area contributed by atoms with Crippen LogP contribution in [-0.2, 0) is 4.74 Å². The van der Waals surface area contributed by atoms with Gasteiger partial charge < -0.3 is 14.8 Å². The summed E-state index contributed by atoms with van der Waals surface area (Å²) >= 11 is 0. The summed E-state index contributed by atoms with van der Waals surface area (Å²) in [6.07, 6.45) is 1.23. The van der Waals surface area contributed by atoms with E-state index in [-0.39, 0.29) is 23.8 Å². The highest BCUT2D eigenvalue weighted by Gasteiger charge is 2.37. The predicted octanol–water partition coefficient (Wildman–Crippen LogP) is 5.56. The summed E-state index contributed by atoms with van der Waals surface area (Å²) in [6.45, 7) is 6.44. The Morgan fingerprint density at radius 2 is 1.72 bits per heavy atom. The standard InChI is InChI=1S/C24H25FN4O3/c1-15(2)21-14-31-24(30)29(21)22-12-13-26-23(28-22)27-16(3)17-4-8-19(9-5-17)32-20-10-6-18(25)7-11-20/h4-13,15-16,21H,14H2,1-3H3,(H,26,27,28). The third kappa shape index (κ3) is 4.80. The van der Waals surface area contributed by atoms with Gasteiger partial charge in [-0.2, -0.15) is 4.98 Å². The summed E-state index contributed by atoms with van der Waals surface area (Å²) in [6, 6.07) is 15.0. The average molecular weight is 436 g/mol. The number of carbonyl (C=O) groups is 1. The van der Waals surface area contributed by atoms with E-state index in [4.69, 9.17) is 9.47 Å². The molecule has 0 saturated carbocycles. The van der Waals surface area contributed by atoms with Gasteiger partial charge in [-0.3, -0.25) is 4.90 Å². The number of nitrogens with zero attached hydrogens (tertiary/aromatic N) is 3. The minimum absolute atomic E-state index is 0.0590. The van der Waals surface area contributed by atoms with Crippen molar-refractivity contribution >= 4 is 17.9 Å². The Hall–Kier alpha value is -3.68. The van der Waals surface area contributed by atoms with Crippen molar-refractivity contribution in [3.05, 3.63) is 72.2 Å². The first-order valence-electron chi connectivity index (χ1n) is 10.5. The number of anilines is 2. The molecule has 166 valence electrons. The Kier molecular flexibility index (Phi) is 6.20. The average Bonchev–Trinajstić information content (AvgIpc) is 3.18. The molecule has 3 aromatic rings. The molecule has 1 aromatic heterocycles. The van der Waals surface area contributed by atoms with E-state index in [1.54, 1.807) is 29.3 Å². The van der Waals surface area contributed by atoms with Gasteiger partial charge in [0.15, 0.2) is 0 Å². The van der Waals surface area contributed by atoms with Gasteiger partial charge in [-0.05, 0) is 60.9 Å². The molecule has 1 aliphatic heterocycles. The van der Waals surface area contributed by atoms with Crippen LogP contribution >= 0.6 is 0 Å². The molecule has 1 N–H and O–H groups in total. The van der Waals surface area contributed by atoms with Crippen LogP contribution < -0.4 is 15.0 Å². The predicted molar refractivity (Wildman–Crippen MR) is 119 cm³/mol. The zero-order valence-electron chi connectivity index (χ0n) is 18.2. The number of aromatic nitrogens is 2. The Labute approximate surface area is 186 Å². The first kappa shape index (κ1) is 21.5. The van der Waals surface area contributed by atoms with Gasteiger partial charge in [-0.1, -0.05) is 26.0 Å². The van der Waals surface area contributed by atoms with Gasteiger partial charge in [-0.15, -0.1) is 0 Å². The summed E-state index contributed by atoms with van der Waals surface area (Å²) in [5, 5.41) is 3.27. The third-order valence-corrected chi connectivity index (χ3v) is 5.34. The van der Waals surface area contributed by atoms with Crippen LogP contribution in [0.5, 0.6) is 11.5 Å². The second kappa shape index (κ2) is 9.21. The van der Waals surface area contributed by atoms with E-state index in [2.05, 4.69) is 15.3 Å². The largest absolute Gasteiger partial charge is 0.457 e. The summed E-state index contributed by atoms with van der Waals surface area (Å²) in [7, 11) is 0. The normalized spacial score (nSPS) is 16.7. The number of hydrogen-bond acceptors (Lipinski definition) is 6. The fourth-order valence-corrected chi connectivity index (χ4v) is 3.48. The number of carbonyl (C=O) groups excluding carboxylic acids is 1. The second-order valence-electron chi connectivity index (χ2n) is 7.99. The summed E-state index contributed by atoms with van der Waals surface area (Å²) in [4.78, 5) is 22.6. The van der Waals surface area contributed by atoms with Crippen molar-refractivity contribution in [3.8, 4) is 11.5 Å². The molecule has 8 heteroatoms.